The molecule has 1 aromatic carbocycles. The van der Waals surface area contributed by atoms with Crippen LogP contribution in [0.25, 0.3) is 0 Å². The van der Waals surface area contributed by atoms with Gasteiger partial charge in [0.25, 0.3) is 0 Å². The van der Waals surface area contributed by atoms with Crippen LogP contribution in [-0.2, 0) is 10.0 Å². The summed E-state index contributed by atoms with van der Waals surface area (Å²) in [5.41, 5.74) is 0.833. The number of rotatable bonds is 5. The topological polar surface area (TPSA) is 58.6 Å². The third-order valence-corrected chi connectivity index (χ3v) is 5.61. The third kappa shape index (κ3) is 2.97. The molecule has 0 bridgehead atoms. The van der Waals surface area contributed by atoms with E-state index in [1.54, 1.807) is 29.6 Å². The molecule has 1 N–H and O–H groups in total. The van der Waals surface area contributed by atoms with Gasteiger partial charge >= 0.3 is 0 Å². The van der Waals surface area contributed by atoms with Gasteiger partial charge in [-0.2, -0.15) is 4.31 Å². The van der Waals surface area contributed by atoms with E-state index in [1.807, 2.05) is 14.0 Å². The Hall–Kier alpha value is -1.11. The van der Waals surface area contributed by atoms with Gasteiger partial charge in [0.05, 0.1) is 12.0 Å². The molecule has 6 heteroatoms. The molecule has 1 aromatic rings. The van der Waals surface area contributed by atoms with Crippen molar-refractivity contribution in [1.82, 2.24) is 9.62 Å². The zero-order chi connectivity index (χ0) is 14.8. The normalized spacial score (nSPS) is 20.2. The minimum atomic E-state index is -3.39. The van der Waals surface area contributed by atoms with Gasteiger partial charge in [-0.1, -0.05) is 0 Å². The molecule has 112 valence electrons. The Morgan fingerprint density at radius 2 is 2.20 bits per heavy atom. The van der Waals surface area contributed by atoms with Crippen LogP contribution in [0.3, 0.4) is 0 Å². The Labute approximate surface area is 121 Å². The molecule has 1 heterocycles. The number of ether oxygens (including phenoxy) is 1. The predicted molar refractivity (Wildman–Crippen MR) is 78.5 cm³/mol. The van der Waals surface area contributed by atoms with Gasteiger partial charge in [0.1, 0.15) is 5.75 Å². The van der Waals surface area contributed by atoms with E-state index in [2.05, 4.69) is 5.32 Å². The number of methoxy groups -OCH3 is 1. The van der Waals surface area contributed by atoms with Crippen molar-refractivity contribution in [2.24, 2.45) is 5.92 Å². The van der Waals surface area contributed by atoms with Crippen molar-refractivity contribution in [3.63, 3.8) is 0 Å². The second-order valence-electron chi connectivity index (χ2n) is 5.21. The number of aryl methyl sites for hydroxylation is 1. The van der Waals surface area contributed by atoms with Crippen LogP contribution in [-0.4, -0.2) is 46.5 Å². The fourth-order valence-electron chi connectivity index (χ4n) is 2.63. The summed E-state index contributed by atoms with van der Waals surface area (Å²) >= 11 is 0. The summed E-state index contributed by atoms with van der Waals surface area (Å²) in [7, 11) is 0.0881. The van der Waals surface area contributed by atoms with Crippen LogP contribution >= 0.6 is 0 Å². The first-order valence-corrected chi connectivity index (χ1v) is 8.22. The minimum absolute atomic E-state index is 0.348. The summed E-state index contributed by atoms with van der Waals surface area (Å²) in [4.78, 5) is 0.348. The second kappa shape index (κ2) is 6.11. The average Bonchev–Trinajstić information content (AvgIpc) is 2.88. The van der Waals surface area contributed by atoms with E-state index >= 15 is 0 Å². The number of benzene rings is 1. The third-order valence-electron chi connectivity index (χ3n) is 3.75. The second-order valence-corrected chi connectivity index (χ2v) is 7.14. The largest absolute Gasteiger partial charge is 0.496 e. The maximum absolute atomic E-state index is 12.6. The summed E-state index contributed by atoms with van der Waals surface area (Å²) < 4.78 is 32.0. The number of hydrogen-bond donors (Lipinski definition) is 1. The summed E-state index contributed by atoms with van der Waals surface area (Å²) in [6, 6.07) is 5.01. The van der Waals surface area contributed by atoms with Gasteiger partial charge in [-0.25, -0.2) is 8.42 Å². The van der Waals surface area contributed by atoms with E-state index < -0.39 is 10.0 Å². The van der Waals surface area contributed by atoms with Crippen LogP contribution in [0, 0.1) is 12.8 Å². The zero-order valence-corrected chi connectivity index (χ0v) is 13.0. The monoisotopic (exact) mass is 298 g/mol. The Morgan fingerprint density at radius 3 is 2.80 bits per heavy atom. The molecule has 1 atom stereocenters. The number of nitrogens with one attached hydrogen (secondary N) is 1. The van der Waals surface area contributed by atoms with Gasteiger partial charge in [0.15, 0.2) is 0 Å². The van der Waals surface area contributed by atoms with Crippen molar-refractivity contribution in [2.75, 3.05) is 33.8 Å². The lowest BCUT2D eigenvalue weighted by molar-refractivity contribution is 0.411. The summed E-state index contributed by atoms with van der Waals surface area (Å²) in [5.74, 6) is 1.10. The fraction of sp³-hybridized carbons (Fsp3) is 0.571. The van der Waals surface area contributed by atoms with Crippen LogP contribution < -0.4 is 10.1 Å². The summed E-state index contributed by atoms with van der Waals surface area (Å²) in [6.45, 7) is 3.90. The summed E-state index contributed by atoms with van der Waals surface area (Å²) in [5, 5.41) is 3.11. The van der Waals surface area contributed by atoms with Crippen molar-refractivity contribution >= 4 is 10.0 Å². The molecule has 1 saturated heterocycles. The van der Waals surface area contributed by atoms with Crippen LogP contribution in [0.15, 0.2) is 23.1 Å². The number of hydrogen-bond acceptors (Lipinski definition) is 4. The van der Waals surface area contributed by atoms with Crippen LogP contribution in [0.2, 0.25) is 0 Å². The van der Waals surface area contributed by atoms with Crippen molar-refractivity contribution in [3.05, 3.63) is 23.8 Å². The first-order chi connectivity index (χ1) is 9.48. The Balaban J connectivity index is 2.21. The maximum atomic E-state index is 12.6. The molecule has 0 amide bonds. The molecule has 5 nitrogen and oxygen atoms in total. The Kier molecular flexibility index (Phi) is 4.67. The lowest BCUT2D eigenvalue weighted by atomic mass is 10.1. The quantitative estimate of drug-likeness (QED) is 0.888. The highest BCUT2D eigenvalue weighted by molar-refractivity contribution is 7.89. The highest BCUT2D eigenvalue weighted by atomic mass is 32.2. The highest BCUT2D eigenvalue weighted by Crippen LogP contribution is 2.27. The van der Waals surface area contributed by atoms with Gasteiger partial charge in [-0.3, -0.25) is 0 Å². The minimum Gasteiger partial charge on any atom is -0.496 e. The smallest absolute Gasteiger partial charge is 0.243 e. The molecule has 0 aliphatic carbocycles. The van der Waals surface area contributed by atoms with Crippen LogP contribution in [0.1, 0.15) is 12.0 Å². The predicted octanol–water partition coefficient (Wildman–Crippen LogP) is 1.23. The first-order valence-electron chi connectivity index (χ1n) is 6.78. The lowest BCUT2D eigenvalue weighted by Gasteiger charge is -2.17. The van der Waals surface area contributed by atoms with E-state index in [0.717, 1.165) is 18.5 Å². The maximum Gasteiger partial charge on any atom is 0.243 e. The summed E-state index contributed by atoms with van der Waals surface area (Å²) in [6.07, 6.45) is 0.912. The zero-order valence-electron chi connectivity index (χ0n) is 12.2. The van der Waals surface area contributed by atoms with E-state index in [-0.39, 0.29) is 0 Å². The molecule has 20 heavy (non-hydrogen) atoms. The number of sulfonamides is 1. The molecular weight excluding hydrogens is 276 g/mol. The van der Waals surface area contributed by atoms with Crippen LogP contribution in [0.4, 0.5) is 0 Å². The molecule has 0 spiro atoms. The molecule has 1 aliphatic heterocycles. The van der Waals surface area contributed by atoms with E-state index in [1.165, 1.54) is 0 Å². The lowest BCUT2D eigenvalue weighted by Crippen LogP contribution is -2.30. The van der Waals surface area contributed by atoms with Gasteiger partial charge in [0.2, 0.25) is 10.0 Å². The molecule has 0 radical (unpaired) electrons. The Bertz CT molecular complexity index is 572. The van der Waals surface area contributed by atoms with Crippen molar-refractivity contribution in [3.8, 4) is 5.75 Å². The van der Waals surface area contributed by atoms with Crippen molar-refractivity contribution < 1.29 is 13.2 Å². The van der Waals surface area contributed by atoms with Gasteiger partial charge in [-0.15, -0.1) is 0 Å². The number of nitrogens with zero attached hydrogens (tertiary/aromatic N) is 1. The van der Waals surface area contributed by atoms with Crippen LogP contribution in [0.5, 0.6) is 5.75 Å². The Morgan fingerprint density at radius 1 is 1.45 bits per heavy atom. The average molecular weight is 298 g/mol. The van der Waals surface area contributed by atoms with E-state index in [9.17, 15) is 8.42 Å². The molecule has 0 unspecified atom stereocenters. The molecule has 0 saturated carbocycles. The molecule has 1 fully saturated rings. The molecular formula is C14H22N2O3S. The van der Waals surface area contributed by atoms with Crippen molar-refractivity contribution in [1.29, 1.82) is 0 Å². The fourth-order valence-corrected chi connectivity index (χ4v) is 4.25. The molecule has 1 aliphatic rings. The molecule has 2 rings (SSSR count). The van der Waals surface area contributed by atoms with E-state index in [0.29, 0.717) is 29.7 Å². The van der Waals surface area contributed by atoms with Crippen molar-refractivity contribution in [2.45, 2.75) is 18.2 Å². The molecule has 0 aromatic heterocycles. The van der Waals surface area contributed by atoms with Gasteiger partial charge in [-0.05, 0) is 56.6 Å². The highest BCUT2D eigenvalue weighted by Gasteiger charge is 2.32. The first kappa shape index (κ1) is 15.3. The van der Waals surface area contributed by atoms with Gasteiger partial charge < -0.3 is 10.1 Å². The SMILES string of the molecule is CNC[C@@H]1CCN(S(=O)(=O)c2ccc(OC)c(C)c2)C1. The van der Waals surface area contributed by atoms with E-state index in [4.69, 9.17) is 4.74 Å². The standard InChI is InChI=1S/C14H22N2O3S/c1-11-8-13(4-5-14(11)19-3)20(17,18)16-7-6-12(10-16)9-15-2/h4-5,8,12,15H,6-7,9-10H2,1-3H3/t12-/m0/s1. The van der Waals surface area contributed by atoms with Gasteiger partial charge in [0, 0.05) is 13.1 Å².